The molecule has 0 saturated carbocycles. The first-order valence-corrected chi connectivity index (χ1v) is 8.40. The standard InChI is InChI=1S/C19H15BrN2O4/c1-26-17-7-11(6-15(20)18(17)24)10-21-22-19(25)14-8-12-4-2-3-5-13(12)9-16(14)23/h2-10,23-24H,1H3,(H,22,25)/b21-10+. The monoisotopic (exact) mass is 414 g/mol. The van der Waals surface area contributed by atoms with Crippen LogP contribution in [-0.2, 0) is 0 Å². The van der Waals surface area contributed by atoms with Gasteiger partial charge in [0.1, 0.15) is 5.75 Å². The third kappa shape index (κ3) is 3.62. The van der Waals surface area contributed by atoms with Gasteiger partial charge < -0.3 is 14.9 Å². The third-order valence-corrected chi connectivity index (χ3v) is 4.36. The van der Waals surface area contributed by atoms with Gasteiger partial charge in [-0.05, 0) is 56.5 Å². The second-order valence-electron chi connectivity index (χ2n) is 5.47. The summed E-state index contributed by atoms with van der Waals surface area (Å²) >= 11 is 3.22. The van der Waals surface area contributed by atoms with E-state index in [9.17, 15) is 15.0 Å². The lowest BCUT2D eigenvalue weighted by Crippen LogP contribution is -2.17. The van der Waals surface area contributed by atoms with Gasteiger partial charge in [-0.3, -0.25) is 4.79 Å². The number of hydrazone groups is 1. The number of carbonyl (C=O) groups is 1. The zero-order chi connectivity index (χ0) is 18.7. The van der Waals surface area contributed by atoms with Crippen molar-refractivity contribution in [2.45, 2.75) is 0 Å². The summed E-state index contributed by atoms with van der Waals surface area (Å²) in [6, 6.07) is 13.8. The minimum Gasteiger partial charge on any atom is -0.507 e. The number of nitrogens with zero attached hydrogens (tertiary/aromatic N) is 1. The number of halogens is 1. The van der Waals surface area contributed by atoms with Crippen molar-refractivity contribution in [2.75, 3.05) is 7.11 Å². The minimum absolute atomic E-state index is 0.0187. The number of aromatic hydroxyl groups is 2. The van der Waals surface area contributed by atoms with Crippen molar-refractivity contribution in [3.8, 4) is 17.2 Å². The Morgan fingerprint density at radius 2 is 1.85 bits per heavy atom. The largest absolute Gasteiger partial charge is 0.507 e. The number of ether oxygens (including phenoxy) is 1. The molecule has 0 atom stereocenters. The summed E-state index contributed by atoms with van der Waals surface area (Å²) in [5.41, 5.74) is 3.11. The van der Waals surface area contributed by atoms with Crippen molar-refractivity contribution in [2.24, 2.45) is 5.10 Å². The minimum atomic E-state index is -0.533. The summed E-state index contributed by atoms with van der Waals surface area (Å²) in [7, 11) is 1.44. The number of nitrogens with one attached hydrogen (secondary N) is 1. The predicted molar refractivity (Wildman–Crippen MR) is 103 cm³/mol. The lowest BCUT2D eigenvalue weighted by Gasteiger charge is -2.07. The summed E-state index contributed by atoms with van der Waals surface area (Å²) in [6.07, 6.45) is 1.41. The van der Waals surface area contributed by atoms with E-state index in [1.165, 1.54) is 19.4 Å². The van der Waals surface area contributed by atoms with Crippen LogP contribution < -0.4 is 10.2 Å². The van der Waals surface area contributed by atoms with Gasteiger partial charge in [-0.2, -0.15) is 5.10 Å². The van der Waals surface area contributed by atoms with Crippen molar-refractivity contribution < 1.29 is 19.7 Å². The maximum absolute atomic E-state index is 12.3. The second kappa shape index (κ2) is 7.45. The van der Waals surface area contributed by atoms with Gasteiger partial charge in [0, 0.05) is 0 Å². The van der Waals surface area contributed by atoms with Gasteiger partial charge in [0.2, 0.25) is 0 Å². The fourth-order valence-electron chi connectivity index (χ4n) is 2.46. The highest BCUT2D eigenvalue weighted by molar-refractivity contribution is 9.10. The quantitative estimate of drug-likeness (QED) is 0.447. The average molecular weight is 415 g/mol. The topological polar surface area (TPSA) is 91.2 Å². The molecule has 3 aromatic rings. The van der Waals surface area contributed by atoms with Crippen LogP contribution in [0.1, 0.15) is 15.9 Å². The molecule has 0 unspecified atom stereocenters. The Bertz CT molecular complexity index is 1020. The van der Waals surface area contributed by atoms with E-state index in [0.29, 0.717) is 10.0 Å². The number of hydrogen-bond acceptors (Lipinski definition) is 5. The lowest BCUT2D eigenvalue weighted by molar-refractivity contribution is 0.0952. The zero-order valence-corrected chi connectivity index (χ0v) is 15.3. The van der Waals surface area contributed by atoms with E-state index < -0.39 is 5.91 Å². The number of rotatable bonds is 4. The molecule has 3 rings (SSSR count). The summed E-state index contributed by atoms with van der Waals surface area (Å²) in [5, 5.41) is 25.4. The number of amides is 1. The first-order valence-electron chi connectivity index (χ1n) is 7.61. The lowest BCUT2D eigenvalue weighted by atomic mass is 10.1. The maximum atomic E-state index is 12.3. The van der Waals surface area contributed by atoms with Crippen molar-refractivity contribution in [3.05, 3.63) is 64.1 Å². The molecule has 7 heteroatoms. The van der Waals surface area contributed by atoms with Gasteiger partial charge in [0.25, 0.3) is 5.91 Å². The molecule has 0 fully saturated rings. The molecule has 0 aliphatic rings. The summed E-state index contributed by atoms with van der Waals surface area (Å²) in [4.78, 5) is 12.3. The molecule has 1 amide bonds. The maximum Gasteiger partial charge on any atom is 0.275 e. The first-order chi connectivity index (χ1) is 12.5. The van der Waals surface area contributed by atoms with Crippen LogP contribution in [-0.4, -0.2) is 29.4 Å². The fraction of sp³-hybridized carbons (Fsp3) is 0.0526. The van der Waals surface area contributed by atoms with E-state index in [0.717, 1.165) is 10.8 Å². The van der Waals surface area contributed by atoms with Crippen molar-refractivity contribution in [1.29, 1.82) is 0 Å². The fourth-order valence-corrected chi connectivity index (χ4v) is 2.92. The third-order valence-electron chi connectivity index (χ3n) is 3.76. The van der Waals surface area contributed by atoms with Crippen LogP contribution in [0.2, 0.25) is 0 Å². The number of fused-ring (bicyclic) bond motifs is 1. The van der Waals surface area contributed by atoms with Gasteiger partial charge in [-0.1, -0.05) is 24.3 Å². The van der Waals surface area contributed by atoms with Crippen LogP contribution >= 0.6 is 15.9 Å². The van der Waals surface area contributed by atoms with E-state index in [1.54, 1.807) is 18.2 Å². The Labute approximate surface area is 157 Å². The highest BCUT2D eigenvalue weighted by atomic mass is 79.9. The van der Waals surface area contributed by atoms with E-state index in [-0.39, 0.29) is 22.8 Å². The molecule has 0 aliphatic heterocycles. The summed E-state index contributed by atoms with van der Waals surface area (Å²) in [6.45, 7) is 0. The van der Waals surface area contributed by atoms with Crippen LogP contribution in [0, 0.1) is 0 Å². The van der Waals surface area contributed by atoms with Crippen molar-refractivity contribution >= 4 is 38.8 Å². The predicted octanol–water partition coefficient (Wildman–Crippen LogP) is 3.79. The SMILES string of the molecule is COc1cc(/C=N/NC(=O)c2cc3ccccc3cc2O)cc(Br)c1O. The smallest absolute Gasteiger partial charge is 0.275 e. The molecule has 26 heavy (non-hydrogen) atoms. The molecule has 0 saturated heterocycles. The van der Waals surface area contributed by atoms with Gasteiger partial charge in [-0.25, -0.2) is 5.43 Å². The Balaban J connectivity index is 1.80. The molecule has 0 heterocycles. The zero-order valence-electron chi connectivity index (χ0n) is 13.7. The normalized spacial score (nSPS) is 11.0. The van der Waals surface area contributed by atoms with Crippen LogP contribution in [0.4, 0.5) is 0 Å². The molecule has 0 bridgehead atoms. The van der Waals surface area contributed by atoms with E-state index in [4.69, 9.17) is 4.74 Å². The molecule has 132 valence electrons. The van der Waals surface area contributed by atoms with Gasteiger partial charge >= 0.3 is 0 Å². The van der Waals surface area contributed by atoms with Crippen LogP contribution in [0.25, 0.3) is 10.8 Å². The number of benzene rings is 3. The molecule has 0 aliphatic carbocycles. The number of carbonyl (C=O) groups excluding carboxylic acids is 1. The molecule has 3 N–H and O–H groups in total. The molecule has 6 nitrogen and oxygen atoms in total. The van der Waals surface area contributed by atoms with E-state index in [2.05, 4.69) is 26.5 Å². The molecule has 3 aromatic carbocycles. The number of hydrogen-bond donors (Lipinski definition) is 3. The van der Waals surface area contributed by atoms with Crippen molar-refractivity contribution in [1.82, 2.24) is 5.43 Å². The van der Waals surface area contributed by atoms with E-state index >= 15 is 0 Å². The van der Waals surface area contributed by atoms with E-state index in [1.807, 2.05) is 24.3 Å². The molecule has 0 spiro atoms. The Morgan fingerprint density at radius 3 is 2.54 bits per heavy atom. The average Bonchev–Trinajstić information content (AvgIpc) is 2.63. The number of phenols is 2. The number of phenolic OH excluding ortho intramolecular Hbond substituents is 2. The molecule has 0 radical (unpaired) electrons. The Kier molecular flexibility index (Phi) is 5.09. The highest BCUT2D eigenvalue weighted by Gasteiger charge is 2.12. The van der Waals surface area contributed by atoms with Crippen molar-refractivity contribution in [3.63, 3.8) is 0 Å². The number of methoxy groups -OCH3 is 1. The molecular weight excluding hydrogens is 400 g/mol. The highest BCUT2D eigenvalue weighted by Crippen LogP contribution is 2.34. The van der Waals surface area contributed by atoms with Gasteiger partial charge in [-0.15, -0.1) is 0 Å². The van der Waals surface area contributed by atoms with Gasteiger partial charge in [0.15, 0.2) is 11.5 Å². The van der Waals surface area contributed by atoms with Gasteiger partial charge in [0.05, 0.1) is 23.4 Å². The van der Waals surface area contributed by atoms with Crippen LogP contribution in [0.15, 0.2) is 58.1 Å². The molecular formula is C19H15BrN2O4. The first kappa shape index (κ1) is 17.8. The molecule has 0 aromatic heterocycles. The summed E-state index contributed by atoms with van der Waals surface area (Å²) in [5.74, 6) is -0.395. The Morgan fingerprint density at radius 1 is 1.15 bits per heavy atom. The Hall–Kier alpha value is -3.06. The second-order valence-corrected chi connectivity index (χ2v) is 6.32. The summed E-state index contributed by atoms with van der Waals surface area (Å²) < 4.78 is 5.50. The van der Waals surface area contributed by atoms with Crippen LogP contribution in [0.3, 0.4) is 0 Å². The van der Waals surface area contributed by atoms with Crippen LogP contribution in [0.5, 0.6) is 17.2 Å².